The Morgan fingerprint density at radius 3 is 1.38 bits per heavy atom. The van der Waals surface area contributed by atoms with E-state index in [9.17, 15) is 94.5 Å². The number of hydroxylamine groups is 2. The lowest BCUT2D eigenvalue weighted by molar-refractivity contribution is -0.196. The van der Waals surface area contributed by atoms with Crippen molar-refractivity contribution in [2.75, 3.05) is 76.2 Å². The molecule has 4 aromatic heterocycles. The molecule has 0 saturated heterocycles. The van der Waals surface area contributed by atoms with Crippen LogP contribution < -0.4 is 72.1 Å². The van der Waals surface area contributed by atoms with Crippen LogP contribution in [0, 0.1) is 27.7 Å². The van der Waals surface area contributed by atoms with E-state index in [0.29, 0.717) is 72.3 Å². The first kappa shape index (κ1) is 105. The summed E-state index contributed by atoms with van der Waals surface area (Å²) in [7, 11) is -9.07. The van der Waals surface area contributed by atoms with E-state index in [0.717, 1.165) is 11.0 Å². The van der Waals surface area contributed by atoms with Gasteiger partial charge in [-0.1, -0.05) is 30.3 Å². The normalized spacial score (nSPS) is 12.6. The third-order valence-corrected chi connectivity index (χ3v) is 24.3. The molecule has 0 bridgehead atoms. The van der Waals surface area contributed by atoms with Gasteiger partial charge in [0.1, 0.15) is 53.9 Å². The number of esters is 1. The summed E-state index contributed by atoms with van der Waals surface area (Å²) in [5, 5.41) is 67.6. The van der Waals surface area contributed by atoms with Crippen molar-refractivity contribution in [3.8, 4) is 11.5 Å². The maximum Gasteiger partial charge on any atom is 0.323 e. The molecule has 1 unspecified atom stereocenters. The van der Waals surface area contributed by atoms with E-state index in [4.69, 9.17) is 19.0 Å². The van der Waals surface area contributed by atoms with Gasteiger partial charge in [0, 0.05) is 144 Å². The summed E-state index contributed by atoms with van der Waals surface area (Å²) < 4.78 is 80.5. The molecule has 9 amide bonds. The van der Waals surface area contributed by atoms with Gasteiger partial charge in [0.25, 0.3) is 11.8 Å². The van der Waals surface area contributed by atoms with E-state index in [1.54, 1.807) is 134 Å². The Balaban J connectivity index is 0.741. The topological polar surface area (TPSA) is 628 Å². The summed E-state index contributed by atoms with van der Waals surface area (Å²) in [4.78, 5) is 191. The molecular formula is C89H115N21O24S2. The fourth-order valence-corrected chi connectivity index (χ4v) is 17.6. The standard InChI is InChI=1S/C89H115N21O24S2/c1-55-43-64(44-56(2)78(55)135(127,128)106-68(85(123)124)51-100-80(118)60-19-23-70-62(47-60)49-102-108(70)39-13-29-94-87-96-35-36-97-87)131-41-11-17-73(112)90-31-32-92-75(114)26-21-66(104-83(121)67(22-27-76(115)116)105-84(122)72(25-28-77(117)134-89(5,6)7)110(54-111)133-53-59-15-9-8-10-16-59)82(120)93-34-33-91-74(113)18-12-42-132-65-45-57(3)79(58(4)46-65)136(129,130)107-69(86(125)126)52-101-81(119)61-20-24-71-63(48-61)50-103-109(71)40-14-30-95-88-98-37-38-99-88/h8-10,15-16,19-20,23-24,35-38,43-50,54,66-69,72,106-107H,11-14,17-18,21-22,25-34,39-42,51-53H2,1-7H3,(H,90,112)(H,91,113)(H,92,114)(H,93,120)(H,100,118)(H,101,119)(H,104,121)(H,105,122)(H,115,116)(H,123,124)(H,125,126)(H2,94,96,97)(H2,95,98,99)/t66?,67-,68-,69-,72-/m0/s1. The number of carbonyl (C=O) groups is 13. The van der Waals surface area contributed by atoms with Gasteiger partial charge in [-0.05, 0) is 182 Å². The Kier molecular flexibility index (Phi) is 39.6. The van der Waals surface area contributed by atoms with Gasteiger partial charge in [-0.15, -0.1) is 0 Å². The average Bonchev–Trinajstić information content (AvgIpc) is 1.21. The Labute approximate surface area is 783 Å². The monoisotopic (exact) mass is 1930 g/mol. The van der Waals surface area contributed by atoms with Gasteiger partial charge >= 0.3 is 23.9 Å². The second kappa shape index (κ2) is 51.1. The Bertz CT molecular complexity index is 5850. The van der Waals surface area contributed by atoms with Crippen molar-refractivity contribution in [1.29, 1.82) is 0 Å². The Hall–Kier alpha value is -14.5. The summed E-state index contributed by atoms with van der Waals surface area (Å²) >= 11 is 0. The van der Waals surface area contributed by atoms with Crippen LogP contribution in [-0.4, -0.2) is 256 Å². The maximum atomic E-state index is 14.4. The molecule has 0 aliphatic rings. The SMILES string of the molecule is Cc1cc(OCCCC(=O)NCCNC(=O)CCC(NC(=O)[C@H](CCC(=O)O)NC(=O)[C@H](CCC(=O)OC(C)(C)C)N(C=O)OCc2ccccc2)C(=O)NCCNC(=O)CCCOc2cc(C)c(S(=O)(=O)N[C@@H](CNC(=O)c3ccc4c(cnn4CCCNc4ncc[nH]4)c3)C(=O)O)c(C)c2)cc(C)c1S(=O)(=O)N[C@@H](CNC(=O)c1ccc2c(cnn2CCCNc2ncc[nH]2)c1)C(=O)O. The number of aliphatic carboxylic acids is 3. The van der Waals surface area contributed by atoms with E-state index in [2.05, 4.69) is 92.7 Å². The van der Waals surface area contributed by atoms with Crippen LogP contribution in [0.3, 0.4) is 0 Å². The molecule has 0 spiro atoms. The largest absolute Gasteiger partial charge is 0.494 e. The minimum Gasteiger partial charge on any atom is -0.494 e. The molecule has 0 fully saturated rings. The molecule has 136 heavy (non-hydrogen) atoms. The number of amides is 9. The molecule has 5 aromatic carbocycles. The molecule has 5 atom stereocenters. The molecule has 47 heteroatoms. The summed E-state index contributed by atoms with van der Waals surface area (Å²) in [6.07, 6.45) is 8.52. The first-order valence-corrected chi connectivity index (χ1v) is 46.8. The summed E-state index contributed by atoms with van der Waals surface area (Å²) in [5.74, 6) is -9.56. The van der Waals surface area contributed by atoms with Gasteiger partial charge in [-0.2, -0.15) is 19.6 Å². The predicted octanol–water partition coefficient (Wildman–Crippen LogP) is 3.57. The number of hydrogen-bond acceptors (Lipinski definition) is 27. The van der Waals surface area contributed by atoms with Gasteiger partial charge in [0.05, 0.1) is 46.4 Å². The highest BCUT2D eigenvalue weighted by Crippen LogP contribution is 2.29. The van der Waals surface area contributed by atoms with E-state index in [1.807, 2.05) is 0 Å². The van der Waals surface area contributed by atoms with E-state index in [1.165, 1.54) is 52.0 Å². The molecule has 9 rings (SSSR count). The van der Waals surface area contributed by atoms with Crippen LogP contribution in [0.4, 0.5) is 11.9 Å². The molecule has 17 N–H and O–H groups in total. The number of H-pyrrole nitrogens is 2. The zero-order chi connectivity index (χ0) is 98.7. The molecule has 45 nitrogen and oxygen atoms in total. The van der Waals surface area contributed by atoms with E-state index < -0.39 is 179 Å². The predicted molar refractivity (Wildman–Crippen MR) is 492 cm³/mol. The Morgan fingerprint density at radius 1 is 0.500 bits per heavy atom. The molecule has 9 aromatic rings. The third-order valence-electron chi connectivity index (χ3n) is 20.7. The van der Waals surface area contributed by atoms with Crippen LogP contribution in [0.2, 0.25) is 0 Å². The number of anilines is 2. The van der Waals surface area contributed by atoms with Crippen molar-refractivity contribution in [3.05, 3.63) is 167 Å². The molecular weight excluding hydrogens is 1810 g/mol. The number of imidazole rings is 2. The van der Waals surface area contributed by atoms with Gasteiger partial charge in [-0.25, -0.2) is 31.9 Å². The smallest absolute Gasteiger partial charge is 0.323 e. The minimum atomic E-state index is -4.54. The van der Waals surface area contributed by atoms with Gasteiger partial charge in [0.2, 0.25) is 61.9 Å². The second-order valence-electron chi connectivity index (χ2n) is 32.6. The summed E-state index contributed by atoms with van der Waals surface area (Å²) in [6, 6.07) is 15.3. The van der Waals surface area contributed by atoms with Crippen LogP contribution >= 0.6 is 0 Å². The molecule has 0 aliphatic heterocycles. The number of carboxylic acids is 3. The average molecular weight is 1930 g/mol. The summed E-state index contributed by atoms with van der Waals surface area (Å²) in [6.45, 7) is 10.9. The number of carboxylic acid groups (broad SMARTS) is 3. The number of nitrogens with one attached hydrogen (secondary N) is 14. The maximum absolute atomic E-state index is 14.4. The number of carbonyl (C=O) groups excluding carboxylic acids is 10. The highest BCUT2D eigenvalue weighted by molar-refractivity contribution is 7.90. The number of aryl methyl sites for hydroxylation is 6. The van der Waals surface area contributed by atoms with E-state index in [-0.39, 0.29) is 133 Å². The number of rotatable bonds is 59. The first-order chi connectivity index (χ1) is 64.8. The van der Waals surface area contributed by atoms with Crippen molar-refractivity contribution in [2.24, 2.45) is 0 Å². The van der Waals surface area contributed by atoms with Crippen molar-refractivity contribution >= 4 is 131 Å². The number of benzene rings is 5. The highest BCUT2D eigenvalue weighted by atomic mass is 32.2. The van der Waals surface area contributed by atoms with Gasteiger partial charge in [-0.3, -0.25) is 76.5 Å². The molecule has 0 aliphatic carbocycles. The molecule has 0 saturated carbocycles. The van der Waals surface area contributed by atoms with Crippen LogP contribution in [0.15, 0.2) is 138 Å². The minimum absolute atomic E-state index is 0.0177. The number of fused-ring (bicyclic) bond motifs is 2. The quantitative estimate of drug-likeness (QED) is 0.0112. The lowest BCUT2D eigenvalue weighted by atomic mass is 10.1. The van der Waals surface area contributed by atoms with Crippen LogP contribution in [-0.2, 0) is 102 Å². The lowest BCUT2D eigenvalue weighted by Gasteiger charge is -2.29. The molecule has 4 heterocycles. The zero-order valence-corrected chi connectivity index (χ0v) is 77.8. The zero-order valence-electron chi connectivity index (χ0n) is 76.1. The molecule has 0 radical (unpaired) electrons. The first-order valence-electron chi connectivity index (χ1n) is 43.8. The van der Waals surface area contributed by atoms with Crippen LogP contribution in [0.5, 0.6) is 11.5 Å². The fourth-order valence-electron chi connectivity index (χ4n) is 14.3. The number of sulfonamides is 2. The van der Waals surface area contributed by atoms with Gasteiger partial charge in [0.15, 0.2) is 11.9 Å². The number of aromatic amines is 2. The second-order valence-corrected chi connectivity index (χ2v) is 35.9. The number of hydrogen-bond donors (Lipinski definition) is 17. The molecule has 732 valence electrons. The van der Waals surface area contributed by atoms with Crippen molar-refractivity contribution < 1.29 is 114 Å². The fraction of sp³-hybridized carbons (Fsp3) is 0.427. The lowest BCUT2D eigenvalue weighted by Crippen LogP contribution is -2.57. The van der Waals surface area contributed by atoms with Crippen molar-refractivity contribution in [2.45, 2.75) is 191 Å². The third kappa shape index (κ3) is 33.3. The van der Waals surface area contributed by atoms with Crippen LogP contribution in [0.25, 0.3) is 21.8 Å². The van der Waals surface area contributed by atoms with Crippen molar-refractivity contribution in [1.82, 2.24) is 96.5 Å². The Morgan fingerprint density at radius 2 is 0.941 bits per heavy atom. The number of aromatic nitrogens is 8. The summed E-state index contributed by atoms with van der Waals surface area (Å²) in [5.41, 5.74) is 2.28. The highest BCUT2D eigenvalue weighted by Gasteiger charge is 2.36. The number of nitrogens with zero attached hydrogens (tertiary/aromatic N) is 7. The van der Waals surface area contributed by atoms with E-state index >= 15 is 0 Å². The van der Waals surface area contributed by atoms with Crippen molar-refractivity contribution in [3.63, 3.8) is 0 Å². The van der Waals surface area contributed by atoms with Gasteiger partial charge < -0.3 is 92.7 Å². The van der Waals surface area contributed by atoms with Crippen LogP contribution in [0.1, 0.15) is 146 Å². The number of ether oxygens (including phenoxy) is 3.